The number of hydrogen-bond acceptors (Lipinski definition) is 5. The van der Waals surface area contributed by atoms with E-state index in [4.69, 9.17) is 16.3 Å². The number of morpholine rings is 1. The second kappa shape index (κ2) is 6.88. The van der Waals surface area contributed by atoms with Crippen LogP contribution < -0.4 is 5.32 Å². The number of hydrogen-bond donors (Lipinski definition) is 1. The van der Waals surface area contributed by atoms with Crippen molar-refractivity contribution < 1.29 is 9.66 Å². The van der Waals surface area contributed by atoms with Gasteiger partial charge in [-0.15, -0.1) is 0 Å². The van der Waals surface area contributed by atoms with Crippen LogP contribution in [0.1, 0.15) is 6.92 Å². The summed E-state index contributed by atoms with van der Waals surface area (Å²) in [5, 5.41) is 14.6. The van der Waals surface area contributed by atoms with Gasteiger partial charge in [-0.1, -0.05) is 11.6 Å². The lowest BCUT2D eigenvalue weighted by atomic mass is 10.2. The van der Waals surface area contributed by atoms with E-state index in [1.165, 1.54) is 6.07 Å². The molecule has 1 heterocycles. The molecule has 1 saturated heterocycles. The van der Waals surface area contributed by atoms with Crippen molar-refractivity contribution in [3.05, 3.63) is 33.3 Å². The fraction of sp³-hybridized carbons (Fsp3) is 0.538. The predicted molar refractivity (Wildman–Crippen MR) is 78.5 cm³/mol. The van der Waals surface area contributed by atoms with Gasteiger partial charge < -0.3 is 10.1 Å². The molecular weight excluding hydrogens is 282 g/mol. The maximum absolute atomic E-state index is 11.0. The van der Waals surface area contributed by atoms with Crippen LogP contribution in [0.5, 0.6) is 0 Å². The minimum atomic E-state index is -0.421. The number of ether oxygens (including phenoxy) is 1. The molecule has 1 aliphatic rings. The average molecular weight is 300 g/mol. The third-order valence-corrected chi connectivity index (χ3v) is 3.43. The first-order chi connectivity index (χ1) is 9.56. The Balaban J connectivity index is 1.99. The third-order valence-electron chi connectivity index (χ3n) is 3.19. The lowest BCUT2D eigenvalue weighted by Gasteiger charge is -2.29. The Hall–Kier alpha value is -1.37. The molecule has 1 aromatic carbocycles. The van der Waals surface area contributed by atoms with Crippen molar-refractivity contribution in [3.8, 4) is 0 Å². The van der Waals surface area contributed by atoms with Crippen LogP contribution in [-0.2, 0) is 4.74 Å². The van der Waals surface area contributed by atoms with Gasteiger partial charge in [-0.05, 0) is 19.1 Å². The molecule has 0 saturated carbocycles. The summed E-state index contributed by atoms with van der Waals surface area (Å²) >= 11 is 5.80. The van der Waals surface area contributed by atoms with E-state index >= 15 is 0 Å². The first-order valence-electron chi connectivity index (χ1n) is 6.57. The highest BCUT2D eigenvalue weighted by atomic mass is 35.5. The fourth-order valence-corrected chi connectivity index (χ4v) is 2.43. The maximum Gasteiger partial charge on any atom is 0.293 e. The summed E-state index contributed by atoms with van der Waals surface area (Å²) in [6, 6.07) is 4.77. The molecule has 1 aromatic rings. The second-order valence-corrected chi connectivity index (χ2v) is 5.31. The van der Waals surface area contributed by atoms with Crippen LogP contribution in [0, 0.1) is 10.1 Å². The summed E-state index contributed by atoms with van der Waals surface area (Å²) in [7, 11) is 0. The standard InChI is InChI=1S/C13H18ClN3O3/c1-10(9-16-4-6-20-7-5-16)15-12-3-2-11(14)8-13(12)17(18)19/h2-3,8,10,15H,4-7,9H2,1H3. The molecule has 6 nitrogen and oxygen atoms in total. The van der Waals surface area contributed by atoms with E-state index in [-0.39, 0.29) is 11.7 Å². The topological polar surface area (TPSA) is 67.6 Å². The molecule has 1 atom stereocenters. The largest absolute Gasteiger partial charge is 0.379 e. The fourth-order valence-electron chi connectivity index (χ4n) is 2.26. The zero-order valence-corrected chi connectivity index (χ0v) is 12.1. The summed E-state index contributed by atoms with van der Waals surface area (Å²) < 4.78 is 5.30. The quantitative estimate of drug-likeness (QED) is 0.668. The molecule has 0 spiro atoms. The summed E-state index contributed by atoms with van der Waals surface area (Å²) in [5.74, 6) is 0. The molecule has 0 aliphatic carbocycles. The average Bonchev–Trinajstić information content (AvgIpc) is 2.41. The highest BCUT2D eigenvalue weighted by molar-refractivity contribution is 6.30. The number of nitro benzene ring substituents is 1. The summed E-state index contributed by atoms with van der Waals surface area (Å²) in [4.78, 5) is 12.9. The number of halogens is 1. The highest BCUT2D eigenvalue weighted by Crippen LogP contribution is 2.28. The first kappa shape index (κ1) is 15.0. The van der Waals surface area contributed by atoms with Crippen molar-refractivity contribution in [2.24, 2.45) is 0 Å². The van der Waals surface area contributed by atoms with Crippen molar-refractivity contribution >= 4 is 23.0 Å². The second-order valence-electron chi connectivity index (χ2n) is 4.88. The smallest absolute Gasteiger partial charge is 0.293 e. The Morgan fingerprint density at radius 2 is 2.20 bits per heavy atom. The van der Waals surface area contributed by atoms with Crippen LogP contribution in [0.2, 0.25) is 5.02 Å². The number of nitrogens with zero attached hydrogens (tertiary/aromatic N) is 2. The monoisotopic (exact) mass is 299 g/mol. The van der Waals surface area contributed by atoms with Crippen molar-refractivity contribution in [2.75, 3.05) is 38.2 Å². The number of nitro groups is 1. The minimum Gasteiger partial charge on any atom is -0.379 e. The molecule has 7 heteroatoms. The van der Waals surface area contributed by atoms with E-state index in [9.17, 15) is 10.1 Å². The summed E-state index contributed by atoms with van der Waals surface area (Å²) in [6.07, 6.45) is 0. The van der Waals surface area contributed by atoms with Gasteiger partial charge in [0.2, 0.25) is 0 Å². The zero-order valence-electron chi connectivity index (χ0n) is 11.3. The van der Waals surface area contributed by atoms with Crippen LogP contribution in [0.3, 0.4) is 0 Å². The Morgan fingerprint density at radius 1 is 1.50 bits per heavy atom. The van der Waals surface area contributed by atoms with Crippen molar-refractivity contribution in [3.63, 3.8) is 0 Å². The van der Waals surface area contributed by atoms with Crippen LogP contribution in [0.25, 0.3) is 0 Å². The zero-order chi connectivity index (χ0) is 14.5. The number of nitrogens with one attached hydrogen (secondary N) is 1. The highest BCUT2D eigenvalue weighted by Gasteiger charge is 2.18. The Morgan fingerprint density at radius 3 is 2.85 bits per heavy atom. The van der Waals surface area contributed by atoms with Crippen molar-refractivity contribution in [1.29, 1.82) is 0 Å². The molecule has 0 aromatic heterocycles. The molecule has 0 radical (unpaired) electrons. The van der Waals surface area contributed by atoms with Crippen molar-refractivity contribution in [1.82, 2.24) is 4.90 Å². The molecule has 20 heavy (non-hydrogen) atoms. The Kier molecular flexibility index (Phi) is 5.17. The van der Waals surface area contributed by atoms with Crippen molar-refractivity contribution in [2.45, 2.75) is 13.0 Å². The van der Waals surface area contributed by atoms with Gasteiger partial charge in [-0.2, -0.15) is 0 Å². The van der Waals surface area contributed by atoms with Gasteiger partial charge in [-0.25, -0.2) is 0 Å². The van der Waals surface area contributed by atoms with Crippen LogP contribution in [-0.4, -0.2) is 48.7 Å². The Bertz CT molecular complexity index is 478. The molecule has 1 N–H and O–H groups in total. The molecule has 1 aliphatic heterocycles. The van der Waals surface area contributed by atoms with E-state index in [1.54, 1.807) is 12.1 Å². The normalized spacial score (nSPS) is 17.7. The van der Waals surface area contributed by atoms with E-state index < -0.39 is 4.92 Å². The van der Waals surface area contributed by atoms with Gasteiger partial charge in [0.25, 0.3) is 5.69 Å². The lowest BCUT2D eigenvalue weighted by Crippen LogP contribution is -2.42. The molecule has 0 bridgehead atoms. The molecule has 1 fully saturated rings. The summed E-state index contributed by atoms with van der Waals surface area (Å²) in [5.41, 5.74) is 0.506. The molecule has 1 unspecified atom stereocenters. The SMILES string of the molecule is CC(CN1CCOCC1)Nc1ccc(Cl)cc1[N+](=O)[O-]. The van der Waals surface area contributed by atoms with Crippen LogP contribution >= 0.6 is 11.6 Å². The summed E-state index contributed by atoms with van der Waals surface area (Å²) in [6.45, 7) is 6.11. The van der Waals surface area contributed by atoms with Crippen LogP contribution in [0.4, 0.5) is 11.4 Å². The van der Waals surface area contributed by atoms with E-state index in [0.29, 0.717) is 10.7 Å². The molecule has 0 amide bonds. The number of benzene rings is 1. The van der Waals surface area contributed by atoms with Gasteiger partial charge in [0.1, 0.15) is 5.69 Å². The first-order valence-corrected chi connectivity index (χ1v) is 6.94. The predicted octanol–water partition coefficient (Wildman–Crippen LogP) is 2.38. The molecule has 110 valence electrons. The van der Waals surface area contributed by atoms with Gasteiger partial charge >= 0.3 is 0 Å². The van der Waals surface area contributed by atoms with E-state index in [1.807, 2.05) is 6.92 Å². The van der Waals surface area contributed by atoms with Gasteiger partial charge in [0.15, 0.2) is 0 Å². The number of rotatable bonds is 5. The molecular formula is C13H18ClN3O3. The number of anilines is 1. The lowest BCUT2D eigenvalue weighted by molar-refractivity contribution is -0.384. The molecule has 2 rings (SSSR count). The van der Waals surface area contributed by atoms with E-state index in [2.05, 4.69) is 10.2 Å². The maximum atomic E-state index is 11.0. The van der Waals surface area contributed by atoms with Gasteiger partial charge in [0, 0.05) is 36.8 Å². The van der Waals surface area contributed by atoms with Gasteiger partial charge in [0.05, 0.1) is 18.1 Å². The van der Waals surface area contributed by atoms with Gasteiger partial charge in [-0.3, -0.25) is 15.0 Å². The third kappa shape index (κ3) is 4.06. The minimum absolute atomic E-state index is 0.00586. The van der Waals surface area contributed by atoms with Crippen LogP contribution in [0.15, 0.2) is 18.2 Å². The van der Waals surface area contributed by atoms with E-state index in [0.717, 1.165) is 32.8 Å². The Labute approximate surface area is 122 Å².